The van der Waals surface area contributed by atoms with E-state index in [4.69, 9.17) is 14.3 Å². The van der Waals surface area contributed by atoms with Crippen molar-refractivity contribution in [3.63, 3.8) is 0 Å². The van der Waals surface area contributed by atoms with Crippen molar-refractivity contribution < 1.29 is 40.7 Å². The molecule has 0 fully saturated rings. The van der Waals surface area contributed by atoms with Gasteiger partial charge in [-0.3, -0.25) is 4.79 Å². The predicted molar refractivity (Wildman–Crippen MR) is 107 cm³/mol. The highest BCUT2D eigenvalue weighted by Crippen LogP contribution is 2.33. The van der Waals surface area contributed by atoms with Crippen LogP contribution >= 0.6 is 0 Å². The molecule has 170 valence electrons. The van der Waals surface area contributed by atoms with E-state index < -0.39 is 22.0 Å². The van der Waals surface area contributed by atoms with Crippen LogP contribution in [0.1, 0.15) is 18.2 Å². The molecule has 1 aromatic heterocycles. The highest BCUT2D eigenvalue weighted by atomic mass is 32.2. The molecule has 32 heavy (non-hydrogen) atoms. The van der Waals surface area contributed by atoms with Gasteiger partial charge in [0.05, 0.1) is 16.3 Å². The Morgan fingerprint density at radius 1 is 1.06 bits per heavy atom. The number of fused-ring (bicyclic) bond motifs is 3. The van der Waals surface area contributed by atoms with Gasteiger partial charge in [0.2, 0.25) is 15.7 Å². The Hall–Kier alpha value is -3.34. The van der Waals surface area contributed by atoms with E-state index in [0.717, 1.165) is 16.7 Å². The maximum absolute atomic E-state index is 12.8. The molecule has 0 bridgehead atoms. The number of carbonyl (C=O) groups is 2. The van der Waals surface area contributed by atoms with Crippen molar-refractivity contribution in [1.29, 1.82) is 0 Å². The fourth-order valence-electron chi connectivity index (χ4n) is 3.25. The Labute approximate surface area is 181 Å². The third-order valence-electron chi connectivity index (χ3n) is 4.87. The molecule has 0 saturated carbocycles. The van der Waals surface area contributed by atoms with Crippen LogP contribution in [0.25, 0.3) is 11.0 Å². The number of amides is 1. The standard InChI is InChI=1S/C19H17NO4S.C2HF3O2/c1-13(21)20-10-9-17-16-8-7-15(11-18(16)24-19(17)12-20)25(22,23)14-5-3-2-4-6-14;3-2(4,5)1(6)7/h2-8,11H,9-10,12H2,1H3;(H,6,7). The first-order valence-corrected chi connectivity index (χ1v) is 10.8. The molecule has 7 nitrogen and oxygen atoms in total. The lowest BCUT2D eigenvalue weighted by Gasteiger charge is -2.24. The van der Waals surface area contributed by atoms with Crippen molar-refractivity contribution in [2.45, 2.75) is 35.9 Å². The zero-order valence-corrected chi connectivity index (χ0v) is 17.5. The summed E-state index contributed by atoms with van der Waals surface area (Å²) in [6.07, 6.45) is -4.37. The molecule has 0 aliphatic carbocycles. The average molecular weight is 469 g/mol. The minimum absolute atomic E-state index is 0.0125. The summed E-state index contributed by atoms with van der Waals surface area (Å²) in [5, 5.41) is 8.05. The fraction of sp³-hybridized carbons (Fsp3) is 0.238. The van der Waals surface area contributed by atoms with Gasteiger partial charge in [-0.1, -0.05) is 18.2 Å². The largest absolute Gasteiger partial charge is 0.490 e. The minimum Gasteiger partial charge on any atom is -0.475 e. The van der Waals surface area contributed by atoms with E-state index in [1.807, 2.05) is 0 Å². The van der Waals surface area contributed by atoms with Gasteiger partial charge >= 0.3 is 12.1 Å². The van der Waals surface area contributed by atoms with Crippen LogP contribution in [-0.4, -0.2) is 43.0 Å². The van der Waals surface area contributed by atoms with E-state index in [1.54, 1.807) is 53.4 Å². The highest BCUT2D eigenvalue weighted by Gasteiger charge is 2.38. The first kappa shape index (κ1) is 23.3. The second-order valence-electron chi connectivity index (χ2n) is 6.97. The monoisotopic (exact) mass is 469 g/mol. The average Bonchev–Trinajstić information content (AvgIpc) is 3.11. The molecular weight excluding hydrogens is 451 g/mol. The summed E-state index contributed by atoms with van der Waals surface area (Å²) in [4.78, 5) is 22.7. The van der Waals surface area contributed by atoms with E-state index >= 15 is 0 Å². The zero-order chi connectivity index (χ0) is 23.7. The van der Waals surface area contributed by atoms with Crippen molar-refractivity contribution in [2.24, 2.45) is 0 Å². The van der Waals surface area contributed by atoms with E-state index in [9.17, 15) is 26.4 Å². The van der Waals surface area contributed by atoms with Gasteiger partial charge in [0, 0.05) is 30.5 Å². The van der Waals surface area contributed by atoms with E-state index in [0.29, 0.717) is 25.1 Å². The topological polar surface area (TPSA) is 105 Å². The number of sulfone groups is 1. The molecule has 0 unspecified atom stereocenters. The predicted octanol–water partition coefficient (Wildman–Crippen LogP) is 3.80. The summed E-state index contributed by atoms with van der Waals surface area (Å²) >= 11 is 0. The number of carbonyl (C=O) groups excluding carboxylic acids is 1. The first-order valence-electron chi connectivity index (χ1n) is 9.31. The molecule has 1 amide bonds. The van der Waals surface area contributed by atoms with Gasteiger partial charge in [0.15, 0.2) is 0 Å². The van der Waals surface area contributed by atoms with Gasteiger partial charge in [-0.25, -0.2) is 13.2 Å². The van der Waals surface area contributed by atoms with E-state index in [1.165, 1.54) is 6.92 Å². The molecule has 1 N–H and O–H groups in total. The third kappa shape index (κ3) is 4.77. The van der Waals surface area contributed by atoms with Crippen molar-refractivity contribution in [3.8, 4) is 0 Å². The second kappa shape index (κ2) is 8.65. The molecule has 4 rings (SSSR count). The van der Waals surface area contributed by atoms with Crippen LogP contribution in [0, 0.1) is 0 Å². The molecule has 0 radical (unpaired) electrons. The van der Waals surface area contributed by atoms with Crippen molar-refractivity contribution >= 4 is 32.7 Å². The number of aliphatic carboxylic acids is 1. The molecule has 1 aliphatic heterocycles. The number of furan rings is 1. The van der Waals surface area contributed by atoms with Crippen LogP contribution < -0.4 is 0 Å². The summed E-state index contributed by atoms with van der Waals surface area (Å²) in [5.41, 5.74) is 1.61. The van der Waals surface area contributed by atoms with Gasteiger partial charge in [-0.05, 0) is 30.7 Å². The number of hydrogen-bond donors (Lipinski definition) is 1. The highest BCUT2D eigenvalue weighted by molar-refractivity contribution is 7.91. The Morgan fingerprint density at radius 3 is 2.25 bits per heavy atom. The quantitative estimate of drug-likeness (QED) is 0.612. The summed E-state index contributed by atoms with van der Waals surface area (Å²) in [6.45, 7) is 2.62. The SMILES string of the molecule is CC(=O)N1CCc2c(oc3cc(S(=O)(=O)c4ccccc4)ccc23)C1.O=C(O)C(F)(F)F. The summed E-state index contributed by atoms with van der Waals surface area (Å²) in [7, 11) is -3.58. The molecular formula is C21H18F3NO6S. The number of carboxylic acid groups (broad SMARTS) is 1. The number of alkyl halides is 3. The number of rotatable bonds is 2. The van der Waals surface area contributed by atoms with Gasteiger partial charge in [0.25, 0.3) is 0 Å². The van der Waals surface area contributed by atoms with E-state index in [-0.39, 0.29) is 15.7 Å². The Bertz CT molecular complexity index is 1270. The fourth-order valence-corrected chi connectivity index (χ4v) is 4.55. The number of nitrogens with zero attached hydrogens (tertiary/aromatic N) is 1. The van der Waals surface area contributed by atoms with Gasteiger partial charge in [-0.2, -0.15) is 13.2 Å². The minimum atomic E-state index is -5.08. The number of halogens is 3. The van der Waals surface area contributed by atoms with Crippen molar-refractivity contribution in [1.82, 2.24) is 4.90 Å². The molecule has 2 heterocycles. The Kier molecular flexibility index (Phi) is 6.31. The lowest BCUT2D eigenvalue weighted by Crippen LogP contribution is -2.33. The number of hydrogen-bond acceptors (Lipinski definition) is 5. The molecule has 1 aliphatic rings. The summed E-state index contributed by atoms with van der Waals surface area (Å²) in [5.74, 6) is -2.00. The maximum atomic E-state index is 12.8. The van der Waals surface area contributed by atoms with E-state index in [2.05, 4.69) is 0 Å². The lowest BCUT2D eigenvalue weighted by atomic mass is 10.0. The summed E-state index contributed by atoms with van der Waals surface area (Å²) in [6, 6.07) is 13.3. The summed E-state index contributed by atoms with van der Waals surface area (Å²) < 4.78 is 63.2. The van der Waals surface area contributed by atoms with Gasteiger partial charge in [0.1, 0.15) is 11.3 Å². The maximum Gasteiger partial charge on any atom is 0.490 e. The molecule has 3 aromatic rings. The Morgan fingerprint density at radius 2 is 1.69 bits per heavy atom. The molecule has 0 saturated heterocycles. The molecule has 2 aromatic carbocycles. The van der Waals surface area contributed by atoms with Crippen LogP contribution in [-0.2, 0) is 32.4 Å². The molecule has 0 atom stereocenters. The van der Waals surface area contributed by atoms with Crippen molar-refractivity contribution in [2.75, 3.05) is 6.54 Å². The molecule has 0 spiro atoms. The van der Waals surface area contributed by atoms with Crippen LogP contribution in [0.2, 0.25) is 0 Å². The lowest BCUT2D eigenvalue weighted by molar-refractivity contribution is -0.192. The molecule has 11 heteroatoms. The Balaban J connectivity index is 0.000000360. The van der Waals surface area contributed by atoms with Crippen molar-refractivity contribution in [3.05, 3.63) is 59.9 Å². The number of carboxylic acids is 1. The van der Waals surface area contributed by atoms with Gasteiger partial charge in [-0.15, -0.1) is 0 Å². The third-order valence-corrected chi connectivity index (χ3v) is 6.63. The van der Waals surface area contributed by atoms with Crippen LogP contribution in [0.15, 0.2) is 62.7 Å². The van der Waals surface area contributed by atoms with Crippen LogP contribution in [0.3, 0.4) is 0 Å². The second-order valence-corrected chi connectivity index (χ2v) is 8.92. The zero-order valence-electron chi connectivity index (χ0n) is 16.7. The van der Waals surface area contributed by atoms with Gasteiger partial charge < -0.3 is 14.4 Å². The first-order chi connectivity index (χ1) is 14.9. The smallest absolute Gasteiger partial charge is 0.475 e. The number of benzene rings is 2. The van der Waals surface area contributed by atoms with Crippen LogP contribution in [0.4, 0.5) is 13.2 Å². The normalized spacial score (nSPS) is 13.8. The van der Waals surface area contributed by atoms with Crippen LogP contribution in [0.5, 0.6) is 0 Å².